The molecule has 3 heterocycles. The third-order valence-corrected chi connectivity index (χ3v) is 6.07. The van der Waals surface area contributed by atoms with Crippen LogP contribution in [0.25, 0.3) is 0 Å². The Morgan fingerprint density at radius 2 is 2.03 bits per heavy atom. The van der Waals surface area contributed by atoms with Crippen molar-refractivity contribution in [2.75, 3.05) is 19.4 Å². The maximum absolute atomic E-state index is 14.4. The number of anilines is 1. The maximum atomic E-state index is 14.4. The van der Waals surface area contributed by atoms with Gasteiger partial charge in [-0.2, -0.15) is 0 Å². The Balaban J connectivity index is 0.00000256. The first-order valence-corrected chi connectivity index (χ1v) is 9.66. The van der Waals surface area contributed by atoms with Gasteiger partial charge in [-0.1, -0.05) is 0 Å². The van der Waals surface area contributed by atoms with E-state index in [1.165, 1.54) is 36.4 Å². The molecule has 0 spiro atoms. The first-order valence-electron chi connectivity index (χ1n) is 8.85. The lowest BCUT2D eigenvalue weighted by Crippen LogP contribution is -2.62. The second-order valence-electron chi connectivity index (χ2n) is 7.17. The highest BCUT2D eigenvalue weighted by Crippen LogP contribution is 2.36. The highest BCUT2D eigenvalue weighted by molar-refractivity contribution is 7.13. The van der Waals surface area contributed by atoms with Gasteiger partial charge in [0.1, 0.15) is 5.82 Å². The number of amides is 3. The quantitative estimate of drug-likeness (QED) is 0.535. The second kappa shape index (κ2) is 7.82. The lowest BCUT2D eigenvalue weighted by atomic mass is 9.98. The summed E-state index contributed by atoms with van der Waals surface area (Å²) in [6, 6.07) is 2.55. The number of primary amides is 1. The summed E-state index contributed by atoms with van der Waals surface area (Å²) in [5, 5.41) is 8.84. The van der Waals surface area contributed by atoms with Crippen LogP contribution in [0.15, 0.2) is 12.1 Å². The number of aromatic nitrogens is 1. The number of carbonyl (C=O) groups is 3. The molecule has 12 heteroatoms. The van der Waals surface area contributed by atoms with Crippen molar-refractivity contribution < 1.29 is 18.8 Å². The molecule has 0 radical (unpaired) electrons. The Labute approximate surface area is 181 Å². The third-order valence-electron chi connectivity index (χ3n) is 4.97. The van der Waals surface area contributed by atoms with Crippen LogP contribution in [0.2, 0.25) is 0 Å². The van der Waals surface area contributed by atoms with Crippen LogP contribution < -0.4 is 21.7 Å². The fraction of sp³-hybridized carbons (Fsp3) is 0.333. The van der Waals surface area contributed by atoms with Gasteiger partial charge in [0.2, 0.25) is 0 Å². The van der Waals surface area contributed by atoms with Crippen LogP contribution in [0.3, 0.4) is 0 Å². The molecule has 30 heavy (non-hydrogen) atoms. The zero-order chi connectivity index (χ0) is 20.9. The summed E-state index contributed by atoms with van der Waals surface area (Å²) in [5.74, 6) is -2.67. The van der Waals surface area contributed by atoms with Crippen LogP contribution in [0.1, 0.15) is 36.3 Å². The number of rotatable bonds is 4. The van der Waals surface area contributed by atoms with Crippen LogP contribution in [0.5, 0.6) is 0 Å². The maximum Gasteiger partial charge on any atom is 0.282 e. The van der Waals surface area contributed by atoms with Crippen LogP contribution in [0, 0.1) is 5.82 Å². The number of thiazole rings is 1. The summed E-state index contributed by atoms with van der Waals surface area (Å²) in [6.45, 7) is 1.22. The molecule has 0 fully saturated rings. The van der Waals surface area contributed by atoms with E-state index in [9.17, 15) is 18.8 Å². The number of halogens is 2. The summed E-state index contributed by atoms with van der Waals surface area (Å²) < 4.78 is 14.4. The topological polar surface area (TPSA) is 129 Å². The molecule has 0 aliphatic carbocycles. The fourth-order valence-electron chi connectivity index (χ4n) is 3.50. The summed E-state index contributed by atoms with van der Waals surface area (Å²) in [6.07, 6.45) is -0.164. The van der Waals surface area contributed by atoms with Gasteiger partial charge in [0.25, 0.3) is 17.7 Å². The molecule has 160 valence electrons. The van der Waals surface area contributed by atoms with E-state index in [0.717, 1.165) is 16.6 Å². The number of hydrogen-bond acceptors (Lipinski definition) is 7. The summed E-state index contributed by atoms with van der Waals surface area (Å²) in [7, 11) is 3.01. The standard InChI is InChI=1S/C18H19FN6O3S.ClH/c1-25(2)16(27)13-8-5-18(17(20)28,23-10(8)4-3-9(13)19)24-14(26)15-22-11-6-21-7-12(11)29-15;/h3-4,21,23H,5-7H2,1-2H3,(H2,20,28)(H,24,26);1H. The largest absolute Gasteiger partial charge is 0.366 e. The fourth-order valence-corrected chi connectivity index (χ4v) is 4.44. The number of fused-ring (bicyclic) bond motifs is 2. The number of nitrogens with zero attached hydrogens (tertiary/aromatic N) is 2. The molecular weight excluding hydrogens is 435 g/mol. The first kappa shape index (κ1) is 21.9. The Morgan fingerprint density at radius 1 is 1.30 bits per heavy atom. The average molecular weight is 455 g/mol. The molecule has 1 aromatic heterocycles. The Morgan fingerprint density at radius 3 is 2.67 bits per heavy atom. The van der Waals surface area contributed by atoms with Gasteiger partial charge in [-0.15, -0.1) is 23.7 Å². The van der Waals surface area contributed by atoms with Gasteiger partial charge in [0.05, 0.1) is 11.3 Å². The van der Waals surface area contributed by atoms with Crippen molar-refractivity contribution >= 4 is 47.2 Å². The molecule has 4 rings (SSSR count). The van der Waals surface area contributed by atoms with E-state index < -0.39 is 29.2 Å². The zero-order valence-electron chi connectivity index (χ0n) is 16.2. The van der Waals surface area contributed by atoms with Gasteiger partial charge in [-0.3, -0.25) is 14.4 Å². The second-order valence-corrected chi connectivity index (χ2v) is 8.25. The van der Waals surface area contributed by atoms with E-state index >= 15 is 0 Å². The van der Waals surface area contributed by atoms with Crippen LogP contribution in [-0.2, 0) is 24.3 Å². The molecule has 2 aromatic rings. The van der Waals surface area contributed by atoms with Gasteiger partial charge in [0, 0.05) is 44.2 Å². The molecule has 5 N–H and O–H groups in total. The van der Waals surface area contributed by atoms with E-state index in [4.69, 9.17) is 5.73 Å². The van der Waals surface area contributed by atoms with Crippen LogP contribution in [0.4, 0.5) is 10.1 Å². The number of nitrogens with one attached hydrogen (secondary N) is 3. The Bertz CT molecular complexity index is 1040. The molecule has 2 aliphatic rings. The third kappa shape index (κ3) is 3.48. The molecule has 3 amide bonds. The highest BCUT2D eigenvalue weighted by Gasteiger charge is 2.46. The number of carbonyl (C=O) groups excluding carboxylic acids is 3. The van der Waals surface area contributed by atoms with Crippen molar-refractivity contribution in [3.8, 4) is 0 Å². The van der Waals surface area contributed by atoms with Crippen LogP contribution in [-0.4, -0.2) is 47.4 Å². The van der Waals surface area contributed by atoms with E-state index in [0.29, 0.717) is 18.8 Å². The predicted molar refractivity (Wildman–Crippen MR) is 111 cm³/mol. The van der Waals surface area contributed by atoms with Gasteiger partial charge in [-0.25, -0.2) is 9.37 Å². The number of hydrogen-bond donors (Lipinski definition) is 4. The average Bonchev–Trinajstić information content (AvgIpc) is 3.33. The molecule has 0 saturated carbocycles. The minimum Gasteiger partial charge on any atom is -0.366 e. The first-order chi connectivity index (χ1) is 13.7. The smallest absolute Gasteiger partial charge is 0.282 e. The Kier molecular flexibility index (Phi) is 5.72. The minimum atomic E-state index is -1.69. The molecule has 1 aromatic carbocycles. The van der Waals surface area contributed by atoms with E-state index in [2.05, 4.69) is 20.9 Å². The lowest BCUT2D eigenvalue weighted by Gasteiger charge is -2.27. The molecular formula is C18H20ClFN6O3S. The van der Waals surface area contributed by atoms with Gasteiger partial charge >= 0.3 is 0 Å². The molecule has 0 bridgehead atoms. The van der Waals surface area contributed by atoms with Gasteiger partial charge in [-0.05, 0) is 17.7 Å². The van der Waals surface area contributed by atoms with Crippen molar-refractivity contribution in [1.29, 1.82) is 0 Å². The normalized spacial score (nSPS) is 18.6. The number of benzene rings is 1. The van der Waals surface area contributed by atoms with E-state index in [1.807, 2.05) is 0 Å². The molecule has 9 nitrogen and oxygen atoms in total. The van der Waals surface area contributed by atoms with Crippen molar-refractivity contribution in [3.63, 3.8) is 0 Å². The highest BCUT2D eigenvalue weighted by atomic mass is 35.5. The Hall–Kier alpha value is -2.76. The van der Waals surface area contributed by atoms with Gasteiger partial charge < -0.3 is 26.6 Å². The summed E-state index contributed by atoms with van der Waals surface area (Å²) in [5.41, 5.74) is 5.21. The molecule has 0 saturated heterocycles. The monoisotopic (exact) mass is 454 g/mol. The van der Waals surface area contributed by atoms with E-state index in [-0.39, 0.29) is 35.0 Å². The minimum absolute atomic E-state index is 0. The zero-order valence-corrected chi connectivity index (χ0v) is 17.8. The molecule has 2 aliphatic heterocycles. The molecule has 1 unspecified atom stereocenters. The van der Waals surface area contributed by atoms with E-state index in [1.54, 1.807) is 0 Å². The summed E-state index contributed by atoms with van der Waals surface area (Å²) >= 11 is 1.24. The number of nitrogens with two attached hydrogens (primary N) is 1. The van der Waals surface area contributed by atoms with Crippen molar-refractivity contribution in [1.82, 2.24) is 20.5 Å². The lowest BCUT2D eigenvalue weighted by molar-refractivity contribution is -0.122. The summed E-state index contributed by atoms with van der Waals surface area (Å²) in [4.78, 5) is 44.1. The van der Waals surface area contributed by atoms with Crippen LogP contribution >= 0.6 is 23.7 Å². The molecule has 1 atom stereocenters. The van der Waals surface area contributed by atoms with Crippen molar-refractivity contribution in [2.45, 2.75) is 25.2 Å². The SMILES string of the molecule is CN(C)C(=O)c1c(F)ccc2c1CC(NC(=O)c1nc3c(s1)CNC3)(C(N)=O)N2.Cl. The predicted octanol–water partition coefficient (Wildman–Crippen LogP) is 0.589. The van der Waals surface area contributed by atoms with Crippen molar-refractivity contribution in [2.24, 2.45) is 5.73 Å². The van der Waals surface area contributed by atoms with Gasteiger partial charge in [0.15, 0.2) is 10.7 Å². The van der Waals surface area contributed by atoms with Crippen molar-refractivity contribution in [3.05, 3.63) is 44.7 Å².